The van der Waals surface area contributed by atoms with Crippen LogP contribution in [0.15, 0.2) is 48.9 Å². The summed E-state index contributed by atoms with van der Waals surface area (Å²) in [7, 11) is -3.35. The molecule has 8 nitrogen and oxygen atoms in total. The molecule has 0 radical (unpaired) electrons. The smallest absolute Gasteiger partial charge is 0.214 e. The van der Waals surface area contributed by atoms with Crippen molar-refractivity contribution in [2.75, 3.05) is 25.4 Å². The number of nitrogens with one attached hydrogen (secondary N) is 1. The first kappa shape index (κ1) is 25.2. The van der Waals surface area contributed by atoms with Crippen molar-refractivity contribution in [3.8, 4) is 5.75 Å². The second-order valence-corrected chi connectivity index (χ2v) is 12.7. The van der Waals surface area contributed by atoms with Crippen LogP contribution in [0.3, 0.4) is 0 Å². The Bertz CT molecular complexity index is 1520. The second-order valence-electron chi connectivity index (χ2n) is 10.7. The fraction of sp³-hybridized carbons (Fsp3) is 0.464. The molecule has 38 heavy (non-hydrogen) atoms. The molecule has 0 amide bonds. The van der Waals surface area contributed by atoms with Crippen LogP contribution in [0.5, 0.6) is 5.75 Å². The summed E-state index contributed by atoms with van der Waals surface area (Å²) >= 11 is 0. The molecule has 1 aliphatic carbocycles. The number of aromatic nitrogens is 4. The van der Waals surface area contributed by atoms with Crippen LogP contribution in [-0.2, 0) is 10.0 Å². The maximum Gasteiger partial charge on any atom is 0.214 e. The number of halogens is 1. The van der Waals surface area contributed by atoms with Gasteiger partial charge in [0.1, 0.15) is 11.6 Å². The van der Waals surface area contributed by atoms with Crippen LogP contribution in [0.25, 0.3) is 21.9 Å². The van der Waals surface area contributed by atoms with E-state index in [4.69, 9.17) is 4.74 Å². The van der Waals surface area contributed by atoms with Gasteiger partial charge in [-0.3, -0.25) is 5.10 Å². The molecule has 6 rings (SSSR count). The highest BCUT2D eigenvalue weighted by atomic mass is 32.2. The molecule has 3 aromatic heterocycles. The van der Waals surface area contributed by atoms with Gasteiger partial charge in [0, 0.05) is 36.0 Å². The van der Waals surface area contributed by atoms with Crippen molar-refractivity contribution in [2.24, 2.45) is 11.8 Å². The molecule has 4 heterocycles. The van der Waals surface area contributed by atoms with E-state index in [1.165, 1.54) is 17.7 Å². The minimum Gasteiger partial charge on any atom is -0.493 e. The van der Waals surface area contributed by atoms with Crippen LogP contribution in [0.2, 0.25) is 0 Å². The molecule has 1 saturated heterocycles. The number of hydrogen-bond acceptors (Lipinski definition) is 6. The van der Waals surface area contributed by atoms with Crippen molar-refractivity contribution in [1.82, 2.24) is 24.5 Å². The lowest BCUT2D eigenvalue weighted by Crippen LogP contribution is -2.43. The number of sulfonamides is 1. The van der Waals surface area contributed by atoms with Crippen LogP contribution in [0.4, 0.5) is 4.39 Å². The standard InChI is InChI=1S/C28H32FN5O3S/c29-22-7-9-23(10-8-22)37-17-20-2-1-13-34(16-20)38(35,36)18-19-3-5-21(6-4-19)25-14-32-33-26-15-31-28-24(27(25)26)11-12-30-28/h7-12,14-15,19-21,33H,1-6,13,16-18H2. The molecule has 1 saturated carbocycles. The molecule has 1 N–H and O–H groups in total. The van der Waals surface area contributed by atoms with E-state index in [9.17, 15) is 12.8 Å². The number of pyridine rings is 1. The SMILES string of the molecule is O=S(=O)(CC1CCC(c2cn[nH]c3cnc4nccc4c23)CC1)N1CCCC(COc2ccc(F)cc2)C1. The number of fused-ring (bicyclic) bond motifs is 3. The molecular weight excluding hydrogens is 505 g/mol. The Morgan fingerprint density at radius 2 is 1.82 bits per heavy atom. The van der Waals surface area contributed by atoms with Crippen LogP contribution >= 0.6 is 0 Å². The van der Waals surface area contributed by atoms with Gasteiger partial charge in [-0.1, -0.05) is 0 Å². The number of ether oxygens (including phenoxy) is 1. The molecule has 1 aromatic carbocycles. The number of nitrogens with zero attached hydrogens (tertiary/aromatic N) is 4. The minimum absolute atomic E-state index is 0.131. The first-order chi connectivity index (χ1) is 18.5. The van der Waals surface area contributed by atoms with E-state index < -0.39 is 10.0 Å². The fourth-order valence-electron chi connectivity index (χ4n) is 6.10. The monoisotopic (exact) mass is 537 g/mol. The van der Waals surface area contributed by atoms with Gasteiger partial charge < -0.3 is 4.74 Å². The third-order valence-corrected chi connectivity index (χ3v) is 10.1. The van der Waals surface area contributed by atoms with E-state index in [2.05, 4.69) is 20.2 Å². The van der Waals surface area contributed by atoms with Crippen molar-refractivity contribution in [2.45, 2.75) is 44.4 Å². The quantitative estimate of drug-likeness (QED) is 0.355. The van der Waals surface area contributed by atoms with Gasteiger partial charge in [-0.2, -0.15) is 5.10 Å². The van der Waals surface area contributed by atoms with E-state index >= 15 is 0 Å². The van der Waals surface area contributed by atoms with Crippen LogP contribution in [0.1, 0.15) is 50.0 Å². The van der Waals surface area contributed by atoms with Crippen LogP contribution in [-0.4, -0.2) is 58.3 Å². The Hall–Kier alpha value is -3.11. The lowest BCUT2D eigenvalue weighted by atomic mass is 9.79. The van der Waals surface area contributed by atoms with Gasteiger partial charge in [0.05, 0.1) is 30.3 Å². The highest BCUT2D eigenvalue weighted by Crippen LogP contribution is 2.40. The Labute approximate surface area is 221 Å². The molecule has 4 aromatic rings. The molecule has 200 valence electrons. The van der Waals surface area contributed by atoms with Gasteiger partial charge in [0.2, 0.25) is 10.0 Å². The number of benzene rings is 1. The van der Waals surface area contributed by atoms with Crippen molar-refractivity contribution < 1.29 is 17.5 Å². The summed E-state index contributed by atoms with van der Waals surface area (Å²) in [6.45, 7) is 1.48. The van der Waals surface area contributed by atoms with Crippen LogP contribution in [0, 0.1) is 17.7 Å². The van der Waals surface area contributed by atoms with Crippen molar-refractivity contribution in [3.63, 3.8) is 0 Å². The van der Waals surface area contributed by atoms with Gasteiger partial charge in [0.15, 0.2) is 5.65 Å². The van der Waals surface area contributed by atoms with E-state index in [-0.39, 0.29) is 23.4 Å². The van der Waals surface area contributed by atoms with Crippen molar-refractivity contribution >= 4 is 32.0 Å². The van der Waals surface area contributed by atoms with Crippen molar-refractivity contribution in [3.05, 3.63) is 60.3 Å². The number of piperidine rings is 1. The van der Waals surface area contributed by atoms with Gasteiger partial charge in [0.25, 0.3) is 0 Å². The third-order valence-electron chi connectivity index (χ3n) is 8.12. The summed E-state index contributed by atoms with van der Waals surface area (Å²) in [5.74, 6) is 1.13. The first-order valence-corrected chi connectivity index (χ1v) is 15.0. The average Bonchev–Trinajstić information content (AvgIpc) is 3.42. The second kappa shape index (κ2) is 10.6. The predicted molar refractivity (Wildman–Crippen MR) is 144 cm³/mol. The van der Waals surface area contributed by atoms with Crippen LogP contribution < -0.4 is 4.74 Å². The van der Waals surface area contributed by atoms with E-state index in [1.807, 2.05) is 12.3 Å². The number of aromatic amines is 1. The molecule has 0 spiro atoms. The molecular formula is C28H32FN5O3S. The maximum absolute atomic E-state index is 13.4. The summed E-state index contributed by atoms with van der Waals surface area (Å²) in [4.78, 5) is 8.76. The van der Waals surface area contributed by atoms with Crippen molar-refractivity contribution in [1.29, 1.82) is 0 Å². The largest absolute Gasteiger partial charge is 0.493 e. The maximum atomic E-state index is 13.4. The summed E-state index contributed by atoms with van der Waals surface area (Å²) in [6, 6.07) is 7.94. The fourth-order valence-corrected chi connectivity index (χ4v) is 8.09. The number of H-pyrrole nitrogens is 1. The summed E-state index contributed by atoms with van der Waals surface area (Å²) in [5.41, 5.74) is 2.83. The minimum atomic E-state index is -3.35. The van der Waals surface area contributed by atoms with Gasteiger partial charge >= 0.3 is 0 Å². The Kier molecular flexibility index (Phi) is 7.01. The summed E-state index contributed by atoms with van der Waals surface area (Å²) < 4.78 is 47.4. The topological polar surface area (TPSA) is 101 Å². The Morgan fingerprint density at radius 3 is 2.63 bits per heavy atom. The Balaban J connectivity index is 1.07. The van der Waals surface area contributed by atoms with E-state index in [0.717, 1.165) is 60.5 Å². The van der Waals surface area contributed by atoms with E-state index in [1.54, 1.807) is 28.8 Å². The Morgan fingerprint density at radius 1 is 1.00 bits per heavy atom. The number of hydrogen-bond donors (Lipinski definition) is 1. The van der Waals surface area contributed by atoms with Gasteiger partial charge in [-0.15, -0.1) is 0 Å². The molecule has 1 atom stereocenters. The lowest BCUT2D eigenvalue weighted by Gasteiger charge is -2.34. The zero-order valence-electron chi connectivity index (χ0n) is 21.2. The van der Waals surface area contributed by atoms with E-state index in [0.29, 0.717) is 31.4 Å². The lowest BCUT2D eigenvalue weighted by molar-refractivity contribution is 0.179. The molecule has 2 aliphatic rings. The molecule has 1 aliphatic heterocycles. The summed E-state index contributed by atoms with van der Waals surface area (Å²) in [5, 5.41) is 9.57. The highest BCUT2D eigenvalue weighted by molar-refractivity contribution is 7.89. The first-order valence-electron chi connectivity index (χ1n) is 13.4. The van der Waals surface area contributed by atoms with Gasteiger partial charge in [-0.25, -0.2) is 27.1 Å². The molecule has 2 fully saturated rings. The zero-order chi connectivity index (χ0) is 26.1. The van der Waals surface area contributed by atoms with Gasteiger partial charge in [-0.05, 0) is 86.3 Å². The molecule has 10 heteroatoms. The summed E-state index contributed by atoms with van der Waals surface area (Å²) in [6.07, 6.45) is 10.9. The predicted octanol–water partition coefficient (Wildman–Crippen LogP) is 5.04. The highest BCUT2D eigenvalue weighted by Gasteiger charge is 2.33. The zero-order valence-corrected chi connectivity index (χ0v) is 22.0. The normalized spacial score (nSPS) is 23.1. The third kappa shape index (κ3) is 5.24. The molecule has 0 bridgehead atoms. The average molecular weight is 538 g/mol. The number of rotatable bonds is 7. The molecule has 1 unspecified atom stereocenters.